The van der Waals surface area contributed by atoms with Crippen LogP contribution in [0.15, 0.2) is 6.20 Å². The van der Waals surface area contributed by atoms with Crippen molar-refractivity contribution in [1.82, 2.24) is 9.97 Å². The van der Waals surface area contributed by atoms with Crippen LogP contribution < -0.4 is 0 Å². The largest absolute Gasteiger partial charge is 0.481 e. The molecular formula is C12H18N2O2. The van der Waals surface area contributed by atoms with E-state index in [2.05, 4.69) is 9.97 Å². The van der Waals surface area contributed by atoms with E-state index in [-0.39, 0.29) is 6.42 Å². The Balaban J connectivity index is 1.93. The van der Waals surface area contributed by atoms with Gasteiger partial charge in [-0.2, -0.15) is 0 Å². The molecule has 0 aliphatic heterocycles. The number of carbonyl (C=O) groups is 1. The maximum absolute atomic E-state index is 10.4. The number of nitrogens with one attached hydrogen (secondary N) is 1. The smallest absolute Gasteiger partial charge is 0.303 e. The summed E-state index contributed by atoms with van der Waals surface area (Å²) in [7, 11) is 0. The maximum atomic E-state index is 10.4. The van der Waals surface area contributed by atoms with Crippen LogP contribution >= 0.6 is 0 Å². The van der Waals surface area contributed by atoms with Crippen molar-refractivity contribution in [2.75, 3.05) is 0 Å². The molecule has 1 aliphatic carbocycles. The van der Waals surface area contributed by atoms with Gasteiger partial charge in [0.05, 0.1) is 6.42 Å². The van der Waals surface area contributed by atoms with Crippen molar-refractivity contribution in [1.29, 1.82) is 0 Å². The Morgan fingerprint density at radius 1 is 1.44 bits per heavy atom. The van der Waals surface area contributed by atoms with Gasteiger partial charge in [-0.25, -0.2) is 4.98 Å². The molecule has 1 saturated carbocycles. The normalized spacial score (nSPS) is 17.5. The van der Waals surface area contributed by atoms with Crippen LogP contribution in [0.3, 0.4) is 0 Å². The molecule has 2 N–H and O–H groups in total. The molecule has 1 aromatic rings. The number of nitrogens with zero attached hydrogens (tertiary/aromatic N) is 1. The van der Waals surface area contributed by atoms with Crippen LogP contribution in [0, 0.1) is 0 Å². The number of aliphatic carboxylic acids is 1. The van der Waals surface area contributed by atoms with Gasteiger partial charge in [0.1, 0.15) is 5.82 Å². The third kappa shape index (κ3) is 2.84. The number of rotatable bonds is 4. The minimum absolute atomic E-state index is 0.173. The van der Waals surface area contributed by atoms with Crippen LogP contribution in [0.5, 0.6) is 0 Å². The average Bonchev–Trinajstić information content (AvgIpc) is 2.76. The Morgan fingerprint density at radius 2 is 2.19 bits per heavy atom. The van der Waals surface area contributed by atoms with Gasteiger partial charge in [0, 0.05) is 17.8 Å². The molecule has 1 aromatic heterocycles. The first-order valence-corrected chi connectivity index (χ1v) is 6.01. The van der Waals surface area contributed by atoms with Crippen molar-refractivity contribution in [3.8, 4) is 0 Å². The quantitative estimate of drug-likeness (QED) is 0.822. The van der Waals surface area contributed by atoms with Crippen molar-refractivity contribution in [3.05, 3.63) is 17.7 Å². The van der Waals surface area contributed by atoms with E-state index in [4.69, 9.17) is 5.11 Å². The van der Waals surface area contributed by atoms with Gasteiger partial charge >= 0.3 is 5.97 Å². The first-order valence-electron chi connectivity index (χ1n) is 6.01. The maximum Gasteiger partial charge on any atom is 0.303 e. The monoisotopic (exact) mass is 222 g/mol. The molecule has 0 radical (unpaired) electrons. The van der Waals surface area contributed by atoms with E-state index >= 15 is 0 Å². The lowest BCUT2D eigenvalue weighted by molar-refractivity contribution is -0.136. The number of aromatic nitrogens is 2. The summed E-state index contributed by atoms with van der Waals surface area (Å²) in [6.07, 6.45) is 8.85. The molecule has 1 heterocycles. The number of H-pyrrole nitrogens is 1. The zero-order valence-corrected chi connectivity index (χ0v) is 9.41. The summed E-state index contributed by atoms with van der Waals surface area (Å²) in [5.74, 6) is 0.862. The molecule has 4 heteroatoms. The second-order valence-corrected chi connectivity index (χ2v) is 4.52. The molecule has 0 bridgehead atoms. The Bertz CT molecular complexity index is 354. The second-order valence-electron chi connectivity index (χ2n) is 4.52. The highest BCUT2D eigenvalue weighted by Gasteiger charge is 2.18. The molecule has 16 heavy (non-hydrogen) atoms. The molecular weight excluding hydrogens is 204 g/mol. The number of imidazole rings is 1. The molecule has 1 fully saturated rings. The van der Waals surface area contributed by atoms with Crippen molar-refractivity contribution < 1.29 is 9.90 Å². The van der Waals surface area contributed by atoms with Crippen molar-refractivity contribution in [2.24, 2.45) is 0 Å². The molecule has 0 saturated heterocycles. The van der Waals surface area contributed by atoms with Gasteiger partial charge in [-0.3, -0.25) is 4.79 Å². The molecule has 0 spiro atoms. The van der Waals surface area contributed by atoms with Gasteiger partial charge in [0.25, 0.3) is 0 Å². The minimum Gasteiger partial charge on any atom is -0.481 e. The average molecular weight is 222 g/mol. The molecule has 0 atom stereocenters. The molecule has 1 aliphatic rings. The molecule has 0 aromatic carbocycles. The lowest BCUT2D eigenvalue weighted by Crippen LogP contribution is -2.06. The fourth-order valence-electron chi connectivity index (χ4n) is 2.33. The van der Waals surface area contributed by atoms with Crippen molar-refractivity contribution in [2.45, 2.75) is 50.9 Å². The fraction of sp³-hybridized carbons (Fsp3) is 0.667. The number of aromatic amines is 1. The number of carboxylic acid groups (broad SMARTS) is 1. The number of hydrogen-bond donors (Lipinski definition) is 2. The van der Waals surface area contributed by atoms with Gasteiger partial charge in [-0.05, 0) is 19.3 Å². The van der Waals surface area contributed by atoms with Crippen LogP contribution in [-0.4, -0.2) is 21.0 Å². The summed E-state index contributed by atoms with van der Waals surface area (Å²) in [6, 6.07) is 0. The molecule has 2 rings (SSSR count). The van der Waals surface area contributed by atoms with Gasteiger partial charge < -0.3 is 10.1 Å². The minimum atomic E-state index is -0.756. The summed E-state index contributed by atoms with van der Waals surface area (Å²) in [4.78, 5) is 18.1. The Labute approximate surface area is 95.1 Å². The summed E-state index contributed by atoms with van der Waals surface area (Å²) < 4.78 is 0. The van der Waals surface area contributed by atoms with E-state index in [1.54, 1.807) is 6.20 Å². The Morgan fingerprint density at radius 3 is 2.88 bits per heavy atom. The van der Waals surface area contributed by atoms with E-state index in [1.165, 1.54) is 32.1 Å². The third-order valence-electron chi connectivity index (χ3n) is 3.25. The predicted molar refractivity (Wildman–Crippen MR) is 60.4 cm³/mol. The van der Waals surface area contributed by atoms with Crippen molar-refractivity contribution in [3.63, 3.8) is 0 Å². The molecule has 4 nitrogen and oxygen atoms in total. The molecule has 0 unspecified atom stereocenters. The first kappa shape index (κ1) is 11.2. The van der Waals surface area contributed by atoms with E-state index < -0.39 is 5.97 Å². The third-order valence-corrected chi connectivity index (χ3v) is 3.25. The van der Waals surface area contributed by atoms with Crippen LogP contribution in [0.2, 0.25) is 0 Å². The van der Waals surface area contributed by atoms with Crippen LogP contribution in [-0.2, 0) is 11.2 Å². The first-order chi connectivity index (χ1) is 7.75. The lowest BCUT2D eigenvalue weighted by atomic mass is 9.89. The van der Waals surface area contributed by atoms with E-state index in [0.717, 1.165) is 11.5 Å². The van der Waals surface area contributed by atoms with E-state index in [9.17, 15) is 4.79 Å². The predicted octanol–water partition coefficient (Wildman–Crippen LogP) is 2.47. The Kier molecular flexibility index (Phi) is 3.59. The van der Waals surface area contributed by atoms with Crippen LogP contribution in [0.1, 0.15) is 56.0 Å². The highest BCUT2D eigenvalue weighted by atomic mass is 16.4. The van der Waals surface area contributed by atoms with Gasteiger partial charge in [-0.15, -0.1) is 0 Å². The molecule has 0 amide bonds. The highest BCUT2D eigenvalue weighted by Crippen LogP contribution is 2.30. The topological polar surface area (TPSA) is 66.0 Å². The SMILES string of the molecule is O=C(O)CCc1cnc(C2CCCCC2)[nH]1. The van der Waals surface area contributed by atoms with Gasteiger partial charge in [0.15, 0.2) is 0 Å². The summed E-state index contributed by atoms with van der Waals surface area (Å²) >= 11 is 0. The fourth-order valence-corrected chi connectivity index (χ4v) is 2.33. The van der Waals surface area contributed by atoms with Crippen molar-refractivity contribution >= 4 is 5.97 Å². The van der Waals surface area contributed by atoms with E-state index in [0.29, 0.717) is 12.3 Å². The van der Waals surface area contributed by atoms with Gasteiger partial charge in [0.2, 0.25) is 0 Å². The summed E-state index contributed by atoms with van der Waals surface area (Å²) in [5, 5.41) is 8.60. The lowest BCUT2D eigenvalue weighted by Gasteiger charge is -2.19. The number of carboxylic acids is 1. The molecule has 88 valence electrons. The summed E-state index contributed by atoms with van der Waals surface area (Å²) in [5.41, 5.74) is 0.947. The van der Waals surface area contributed by atoms with Crippen LogP contribution in [0.4, 0.5) is 0 Å². The Hall–Kier alpha value is -1.32. The number of hydrogen-bond acceptors (Lipinski definition) is 2. The standard InChI is InChI=1S/C12H18N2O2/c15-11(16)7-6-10-8-13-12(14-10)9-4-2-1-3-5-9/h8-9H,1-7H2,(H,13,14)(H,15,16). The highest BCUT2D eigenvalue weighted by molar-refractivity contribution is 5.66. The second kappa shape index (κ2) is 5.14. The number of aryl methyl sites for hydroxylation is 1. The zero-order valence-electron chi connectivity index (χ0n) is 9.41. The zero-order chi connectivity index (χ0) is 11.4. The van der Waals surface area contributed by atoms with Crippen LogP contribution in [0.25, 0.3) is 0 Å². The van der Waals surface area contributed by atoms with Gasteiger partial charge in [-0.1, -0.05) is 19.3 Å². The van der Waals surface area contributed by atoms with E-state index in [1.807, 2.05) is 0 Å². The summed E-state index contributed by atoms with van der Waals surface area (Å²) in [6.45, 7) is 0.